The highest BCUT2D eigenvalue weighted by Gasteiger charge is 2.47. The summed E-state index contributed by atoms with van der Waals surface area (Å²) in [6.45, 7) is 1.92. The molecule has 0 aromatic rings. The number of hydrogen-bond donors (Lipinski definition) is 1. The van der Waals surface area contributed by atoms with Gasteiger partial charge >= 0.3 is 5.97 Å². The van der Waals surface area contributed by atoms with Crippen LogP contribution < -0.4 is 0 Å². The third kappa shape index (κ3) is 1.47. The van der Waals surface area contributed by atoms with Gasteiger partial charge in [-0.25, -0.2) is 0 Å². The molecule has 2 atom stereocenters. The zero-order valence-electron chi connectivity index (χ0n) is 8.25. The molecule has 2 saturated carbocycles. The second kappa shape index (κ2) is 3.00. The summed E-state index contributed by atoms with van der Waals surface area (Å²) in [6.07, 6.45) is 7.02. The Hall–Kier alpha value is -0.530. The molecule has 2 nitrogen and oxygen atoms in total. The molecule has 0 unspecified atom stereocenters. The van der Waals surface area contributed by atoms with Gasteiger partial charge in [0.05, 0.1) is 5.41 Å². The predicted octanol–water partition coefficient (Wildman–Crippen LogP) is 2.68. The van der Waals surface area contributed by atoms with Crippen LogP contribution in [0.5, 0.6) is 0 Å². The highest BCUT2D eigenvalue weighted by atomic mass is 16.4. The molecule has 0 amide bonds. The number of rotatable bonds is 1. The monoisotopic (exact) mass is 182 g/mol. The number of carboxylic acids is 1. The molecule has 0 bridgehead atoms. The van der Waals surface area contributed by atoms with Crippen LogP contribution in [-0.2, 0) is 4.79 Å². The molecule has 1 N–H and O–H groups in total. The molecule has 0 radical (unpaired) electrons. The van der Waals surface area contributed by atoms with Crippen molar-refractivity contribution in [2.24, 2.45) is 17.3 Å². The number of carboxylic acid groups (broad SMARTS) is 1. The standard InChI is InChI=1S/C11H18O2/c1-11(10(12)13)6-8-4-2-3-5-9(8)7-11/h8-9H,2-7H2,1H3,(H,12,13)/t8-,9-/m0/s1. The van der Waals surface area contributed by atoms with Crippen molar-refractivity contribution in [2.75, 3.05) is 0 Å². The molecule has 2 aliphatic carbocycles. The molecule has 2 heteroatoms. The summed E-state index contributed by atoms with van der Waals surface area (Å²) in [4.78, 5) is 11.1. The van der Waals surface area contributed by atoms with Crippen molar-refractivity contribution in [3.05, 3.63) is 0 Å². The van der Waals surface area contributed by atoms with Crippen LogP contribution in [0.3, 0.4) is 0 Å². The molecule has 2 aliphatic rings. The number of carbonyl (C=O) groups is 1. The fourth-order valence-corrected chi connectivity index (χ4v) is 3.24. The summed E-state index contributed by atoms with van der Waals surface area (Å²) in [5.74, 6) is 0.853. The molecule has 0 heterocycles. The van der Waals surface area contributed by atoms with Crippen molar-refractivity contribution in [2.45, 2.75) is 45.4 Å². The molecule has 13 heavy (non-hydrogen) atoms. The first-order chi connectivity index (χ1) is 6.12. The Bertz CT molecular complexity index is 208. The topological polar surface area (TPSA) is 37.3 Å². The number of fused-ring (bicyclic) bond motifs is 1. The van der Waals surface area contributed by atoms with E-state index in [1.54, 1.807) is 0 Å². The van der Waals surface area contributed by atoms with Gasteiger partial charge in [-0.15, -0.1) is 0 Å². The zero-order valence-corrected chi connectivity index (χ0v) is 8.25. The Morgan fingerprint density at radius 3 is 2.08 bits per heavy atom. The fourth-order valence-electron chi connectivity index (χ4n) is 3.24. The summed E-state index contributed by atoms with van der Waals surface area (Å²) in [5.41, 5.74) is -0.403. The van der Waals surface area contributed by atoms with E-state index in [4.69, 9.17) is 5.11 Å². The van der Waals surface area contributed by atoms with Crippen LogP contribution in [-0.4, -0.2) is 11.1 Å². The SMILES string of the molecule is CC1(C(=O)O)C[C@@H]2CCCC[C@H]2C1. The Balaban J connectivity index is 2.10. The lowest BCUT2D eigenvalue weighted by Crippen LogP contribution is -2.24. The second-order valence-corrected chi connectivity index (χ2v) is 5.08. The summed E-state index contributed by atoms with van der Waals surface area (Å²) in [7, 11) is 0. The minimum Gasteiger partial charge on any atom is -0.481 e. The van der Waals surface area contributed by atoms with Crippen molar-refractivity contribution >= 4 is 5.97 Å². The lowest BCUT2D eigenvalue weighted by Gasteiger charge is -2.24. The maximum absolute atomic E-state index is 11.1. The first kappa shape index (κ1) is 9.04. The Kier molecular flexibility index (Phi) is 2.09. The van der Waals surface area contributed by atoms with Gasteiger partial charge in [0.25, 0.3) is 0 Å². The van der Waals surface area contributed by atoms with E-state index < -0.39 is 11.4 Å². The third-order valence-corrected chi connectivity index (χ3v) is 4.01. The Morgan fingerprint density at radius 2 is 1.69 bits per heavy atom. The van der Waals surface area contributed by atoms with Gasteiger partial charge in [0.2, 0.25) is 0 Å². The lowest BCUT2D eigenvalue weighted by molar-refractivity contribution is -0.147. The summed E-state index contributed by atoms with van der Waals surface area (Å²) in [6, 6.07) is 0. The van der Waals surface area contributed by atoms with Gasteiger partial charge in [0, 0.05) is 0 Å². The van der Waals surface area contributed by atoms with Gasteiger partial charge in [-0.2, -0.15) is 0 Å². The fraction of sp³-hybridized carbons (Fsp3) is 0.909. The average Bonchev–Trinajstić information content (AvgIpc) is 2.42. The largest absolute Gasteiger partial charge is 0.481 e. The third-order valence-electron chi connectivity index (χ3n) is 4.01. The van der Waals surface area contributed by atoms with E-state index in [-0.39, 0.29) is 0 Å². The minimum atomic E-state index is -0.582. The molecule has 74 valence electrons. The molecule has 0 aromatic heterocycles. The van der Waals surface area contributed by atoms with E-state index in [1.807, 2.05) is 6.92 Å². The Labute approximate surface area is 79.3 Å². The predicted molar refractivity (Wildman–Crippen MR) is 50.4 cm³/mol. The average molecular weight is 182 g/mol. The van der Waals surface area contributed by atoms with Gasteiger partial charge in [-0.05, 0) is 31.6 Å². The quantitative estimate of drug-likeness (QED) is 0.677. The molecule has 2 fully saturated rings. The van der Waals surface area contributed by atoms with Gasteiger partial charge in [-0.3, -0.25) is 4.79 Å². The van der Waals surface area contributed by atoms with Gasteiger partial charge in [0.15, 0.2) is 0 Å². The van der Waals surface area contributed by atoms with Crippen LogP contribution in [0.2, 0.25) is 0 Å². The minimum absolute atomic E-state index is 0.403. The smallest absolute Gasteiger partial charge is 0.309 e. The van der Waals surface area contributed by atoms with Crippen molar-refractivity contribution in [1.29, 1.82) is 0 Å². The van der Waals surface area contributed by atoms with E-state index in [0.717, 1.165) is 24.7 Å². The molecule has 0 spiro atoms. The van der Waals surface area contributed by atoms with E-state index in [2.05, 4.69) is 0 Å². The molecule has 2 rings (SSSR count). The van der Waals surface area contributed by atoms with Crippen LogP contribution in [0.25, 0.3) is 0 Å². The van der Waals surface area contributed by atoms with Crippen LogP contribution in [0.15, 0.2) is 0 Å². The van der Waals surface area contributed by atoms with Crippen molar-refractivity contribution in [1.82, 2.24) is 0 Å². The summed E-state index contributed by atoms with van der Waals surface area (Å²) < 4.78 is 0. The van der Waals surface area contributed by atoms with Crippen LogP contribution >= 0.6 is 0 Å². The molecule has 0 aliphatic heterocycles. The van der Waals surface area contributed by atoms with Gasteiger partial charge in [0.1, 0.15) is 0 Å². The highest BCUT2D eigenvalue weighted by Crippen LogP contribution is 2.51. The van der Waals surface area contributed by atoms with Gasteiger partial charge < -0.3 is 5.11 Å². The van der Waals surface area contributed by atoms with E-state index in [1.165, 1.54) is 25.7 Å². The van der Waals surface area contributed by atoms with Crippen molar-refractivity contribution in [3.8, 4) is 0 Å². The lowest BCUT2D eigenvalue weighted by atomic mass is 9.82. The summed E-state index contributed by atoms with van der Waals surface area (Å²) in [5, 5.41) is 9.12. The van der Waals surface area contributed by atoms with E-state index in [0.29, 0.717) is 0 Å². The molecule has 0 saturated heterocycles. The summed E-state index contributed by atoms with van der Waals surface area (Å²) >= 11 is 0. The van der Waals surface area contributed by atoms with Crippen LogP contribution in [0, 0.1) is 17.3 Å². The Morgan fingerprint density at radius 1 is 1.23 bits per heavy atom. The normalized spacial score (nSPS) is 37.0. The van der Waals surface area contributed by atoms with E-state index in [9.17, 15) is 4.79 Å². The van der Waals surface area contributed by atoms with Crippen LogP contribution in [0.4, 0.5) is 0 Å². The highest BCUT2D eigenvalue weighted by molar-refractivity contribution is 5.74. The number of hydrogen-bond acceptors (Lipinski definition) is 1. The molecule has 0 aromatic carbocycles. The zero-order chi connectivity index (χ0) is 9.47. The maximum Gasteiger partial charge on any atom is 0.309 e. The first-order valence-corrected chi connectivity index (χ1v) is 5.35. The maximum atomic E-state index is 11.1. The number of aliphatic carboxylic acids is 1. The van der Waals surface area contributed by atoms with Gasteiger partial charge in [-0.1, -0.05) is 25.7 Å². The van der Waals surface area contributed by atoms with E-state index >= 15 is 0 Å². The van der Waals surface area contributed by atoms with Crippen molar-refractivity contribution in [3.63, 3.8) is 0 Å². The molecular weight excluding hydrogens is 164 g/mol. The first-order valence-electron chi connectivity index (χ1n) is 5.35. The van der Waals surface area contributed by atoms with Crippen LogP contribution in [0.1, 0.15) is 45.4 Å². The van der Waals surface area contributed by atoms with Crippen molar-refractivity contribution < 1.29 is 9.90 Å². The molecular formula is C11H18O2. The second-order valence-electron chi connectivity index (χ2n) is 5.08.